The van der Waals surface area contributed by atoms with E-state index in [1.807, 2.05) is 4.90 Å². The molecule has 0 aromatic heterocycles. The summed E-state index contributed by atoms with van der Waals surface area (Å²) in [6.45, 7) is 3.90. The molecule has 106 valence electrons. The van der Waals surface area contributed by atoms with E-state index >= 15 is 0 Å². The van der Waals surface area contributed by atoms with Crippen molar-refractivity contribution in [2.75, 3.05) is 32.8 Å². The number of thiocarbonyl (C=S) groups is 1. The average Bonchev–Trinajstić information content (AvgIpc) is 3.08. The molecule has 2 heterocycles. The van der Waals surface area contributed by atoms with E-state index < -0.39 is 0 Å². The molecule has 3 rings (SSSR count). The highest BCUT2D eigenvalue weighted by Gasteiger charge is 2.31. The number of hydrogen-bond acceptors (Lipinski definition) is 3. The Hall–Kier alpha value is -0.880. The Kier molecular flexibility index (Phi) is 3.88. The first-order valence-electron chi connectivity index (χ1n) is 7.20. The molecule has 1 N–H and O–H groups in total. The third kappa shape index (κ3) is 3.17. The number of amides is 1. The molecule has 2 aliphatic heterocycles. The molecule has 0 aromatic carbocycles. The molecule has 1 saturated carbocycles. The zero-order valence-electron chi connectivity index (χ0n) is 11.1. The van der Waals surface area contributed by atoms with Gasteiger partial charge in [0, 0.05) is 38.8 Å². The van der Waals surface area contributed by atoms with Gasteiger partial charge in [0.1, 0.15) is 6.10 Å². The van der Waals surface area contributed by atoms with Crippen molar-refractivity contribution in [3.05, 3.63) is 0 Å². The second-order valence-electron chi connectivity index (χ2n) is 5.54. The summed E-state index contributed by atoms with van der Waals surface area (Å²) in [5.74, 6) is 0.165. The van der Waals surface area contributed by atoms with E-state index in [9.17, 15) is 4.79 Å². The van der Waals surface area contributed by atoms with Crippen molar-refractivity contribution >= 4 is 23.2 Å². The molecule has 0 aromatic rings. The summed E-state index contributed by atoms with van der Waals surface area (Å²) < 4.78 is 5.46. The van der Waals surface area contributed by atoms with E-state index in [4.69, 9.17) is 17.0 Å². The van der Waals surface area contributed by atoms with Crippen molar-refractivity contribution in [2.24, 2.45) is 0 Å². The lowest BCUT2D eigenvalue weighted by Crippen LogP contribution is -2.55. The fraction of sp³-hybridized carbons (Fsp3) is 0.846. The van der Waals surface area contributed by atoms with Crippen molar-refractivity contribution < 1.29 is 9.53 Å². The van der Waals surface area contributed by atoms with Crippen LogP contribution in [0.25, 0.3) is 0 Å². The van der Waals surface area contributed by atoms with Crippen LogP contribution in [0.15, 0.2) is 0 Å². The van der Waals surface area contributed by atoms with Gasteiger partial charge in [-0.05, 0) is 37.9 Å². The Morgan fingerprint density at radius 2 is 1.79 bits per heavy atom. The summed E-state index contributed by atoms with van der Waals surface area (Å²) in [5, 5.41) is 4.21. The number of hydrogen-bond donors (Lipinski definition) is 1. The molecular weight excluding hydrogens is 262 g/mol. The number of rotatable bonds is 2. The van der Waals surface area contributed by atoms with Crippen LogP contribution in [0.1, 0.15) is 25.7 Å². The van der Waals surface area contributed by atoms with Gasteiger partial charge in [-0.1, -0.05) is 0 Å². The zero-order valence-corrected chi connectivity index (χ0v) is 12.0. The van der Waals surface area contributed by atoms with Gasteiger partial charge in [0.25, 0.3) is 5.91 Å². The van der Waals surface area contributed by atoms with Gasteiger partial charge < -0.3 is 19.9 Å². The van der Waals surface area contributed by atoms with Gasteiger partial charge in [-0.2, -0.15) is 0 Å². The molecule has 0 radical (unpaired) electrons. The van der Waals surface area contributed by atoms with E-state index in [2.05, 4.69) is 10.2 Å². The molecule has 6 heteroatoms. The maximum atomic E-state index is 12.2. The molecule has 3 aliphatic rings. The largest absolute Gasteiger partial charge is 0.368 e. The van der Waals surface area contributed by atoms with Crippen LogP contribution in [0, 0.1) is 0 Å². The molecule has 0 unspecified atom stereocenters. The Balaban J connectivity index is 1.45. The maximum absolute atomic E-state index is 12.2. The maximum Gasteiger partial charge on any atom is 0.251 e. The van der Waals surface area contributed by atoms with Crippen LogP contribution < -0.4 is 5.32 Å². The van der Waals surface area contributed by atoms with Gasteiger partial charge in [-0.15, -0.1) is 0 Å². The fourth-order valence-corrected chi connectivity index (χ4v) is 2.95. The predicted molar refractivity (Wildman–Crippen MR) is 75.9 cm³/mol. The van der Waals surface area contributed by atoms with Gasteiger partial charge in [-0.25, -0.2) is 0 Å². The van der Waals surface area contributed by atoms with Crippen LogP contribution in [-0.4, -0.2) is 65.8 Å². The van der Waals surface area contributed by atoms with Crippen LogP contribution in [-0.2, 0) is 9.53 Å². The van der Waals surface area contributed by atoms with Crippen LogP contribution in [0.2, 0.25) is 0 Å². The summed E-state index contributed by atoms with van der Waals surface area (Å²) in [7, 11) is 0. The Labute approximate surface area is 119 Å². The van der Waals surface area contributed by atoms with E-state index in [0.717, 1.165) is 50.7 Å². The summed E-state index contributed by atoms with van der Waals surface area (Å²) >= 11 is 5.39. The number of ether oxygens (including phenoxy) is 1. The number of piperazine rings is 1. The lowest BCUT2D eigenvalue weighted by atomic mass is 10.2. The van der Waals surface area contributed by atoms with Crippen molar-refractivity contribution in [3.63, 3.8) is 0 Å². The number of nitrogens with zero attached hydrogens (tertiary/aromatic N) is 2. The minimum atomic E-state index is -0.192. The lowest BCUT2D eigenvalue weighted by molar-refractivity contribution is -0.142. The Morgan fingerprint density at radius 1 is 1.11 bits per heavy atom. The number of nitrogens with one attached hydrogen (secondary N) is 1. The summed E-state index contributed by atoms with van der Waals surface area (Å²) in [6.07, 6.45) is 4.16. The minimum Gasteiger partial charge on any atom is -0.368 e. The van der Waals surface area contributed by atoms with Gasteiger partial charge in [-0.3, -0.25) is 4.79 Å². The molecule has 0 spiro atoms. The molecule has 2 saturated heterocycles. The lowest BCUT2D eigenvalue weighted by Gasteiger charge is -2.37. The molecule has 19 heavy (non-hydrogen) atoms. The van der Waals surface area contributed by atoms with Crippen LogP contribution in [0.5, 0.6) is 0 Å². The van der Waals surface area contributed by atoms with Crippen molar-refractivity contribution in [2.45, 2.75) is 37.8 Å². The van der Waals surface area contributed by atoms with E-state index in [0.29, 0.717) is 6.04 Å². The van der Waals surface area contributed by atoms with E-state index in [-0.39, 0.29) is 12.0 Å². The van der Waals surface area contributed by atoms with Crippen molar-refractivity contribution in [1.82, 2.24) is 15.1 Å². The van der Waals surface area contributed by atoms with Crippen molar-refractivity contribution in [1.29, 1.82) is 0 Å². The standard InChI is InChI=1S/C13H21N3O2S/c17-12(11-2-1-9-18-11)15-5-7-16(8-6-15)13(19)14-10-3-4-10/h10-11H,1-9H2,(H,14,19)/t11-/m1/s1. The van der Waals surface area contributed by atoms with Crippen LogP contribution in [0.4, 0.5) is 0 Å². The van der Waals surface area contributed by atoms with Crippen molar-refractivity contribution in [3.8, 4) is 0 Å². The quantitative estimate of drug-likeness (QED) is 0.741. The topological polar surface area (TPSA) is 44.8 Å². The third-order valence-electron chi connectivity index (χ3n) is 3.99. The highest BCUT2D eigenvalue weighted by molar-refractivity contribution is 7.80. The SMILES string of the molecule is O=C([C@H]1CCCO1)N1CCN(C(=S)NC2CC2)CC1. The van der Waals surface area contributed by atoms with Gasteiger partial charge >= 0.3 is 0 Å². The molecule has 5 nitrogen and oxygen atoms in total. The highest BCUT2D eigenvalue weighted by atomic mass is 32.1. The Morgan fingerprint density at radius 3 is 2.37 bits per heavy atom. The molecular formula is C13H21N3O2S. The second kappa shape index (κ2) is 5.63. The average molecular weight is 283 g/mol. The Bertz CT molecular complexity index is 359. The summed E-state index contributed by atoms with van der Waals surface area (Å²) in [4.78, 5) is 16.3. The molecule has 3 fully saturated rings. The first kappa shape index (κ1) is 13.1. The molecule has 0 bridgehead atoms. The van der Waals surface area contributed by atoms with Crippen LogP contribution >= 0.6 is 12.2 Å². The first-order chi connectivity index (χ1) is 9.24. The molecule has 1 amide bonds. The first-order valence-corrected chi connectivity index (χ1v) is 7.61. The fourth-order valence-electron chi connectivity index (χ4n) is 2.60. The predicted octanol–water partition coefficient (Wildman–Crippen LogP) is 0.347. The van der Waals surface area contributed by atoms with E-state index in [1.54, 1.807) is 0 Å². The zero-order chi connectivity index (χ0) is 13.2. The second-order valence-corrected chi connectivity index (χ2v) is 5.92. The number of carbonyl (C=O) groups excluding carboxylic acids is 1. The summed E-state index contributed by atoms with van der Waals surface area (Å²) in [6, 6.07) is 0.596. The molecule has 1 aliphatic carbocycles. The minimum absolute atomic E-state index is 0.165. The van der Waals surface area contributed by atoms with E-state index in [1.165, 1.54) is 12.8 Å². The monoisotopic (exact) mass is 283 g/mol. The smallest absolute Gasteiger partial charge is 0.251 e. The third-order valence-corrected chi connectivity index (χ3v) is 4.36. The number of carbonyl (C=O) groups is 1. The van der Waals surface area contributed by atoms with Gasteiger partial charge in [0.05, 0.1) is 0 Å². The van der Waals surface area contributed by atoms with Crippen LogP contribution in [0.3, 0.4) is 0 Å². The highest BCUT2D eigenvalue weighted by Crippen LogP contribution is 2.20. The normalized spacial score (nSPS) is 27.5. The van der Waals surface area contributed by atoms with Gasteiger partial charge in [0.15, 0.2) is 5.11 Å². The molecule has 1 atom stereocenters. The summed E-state index contributed by atoms with van der Waals surface area (Å²) in [5.41, 5.74) is 0. The van der Waals surface area contributed by atoms with Gasteiger partial charge in [0.2, 0.25) is 0 Å².